The lowest BCUT2D eigenvalue weighted by atomic mass is 10.1. The second kappa shape index (κ2) is 19.2. The van der Waals surface area contributed by atoms with Crippen LogP contribution >= 0.6 is 0 Å². The fraction of sp³-hybridized carbons (Fsp3) is 0.895. The van der Waals surface area contributed by atoms with Crippen LogP contribution in [0.5, 0.6) is 0 Å². The molecule has 0 spiro atoms. The van der Waals surface area contributed by atoms with E-state index in [-0.39, 0.29) is 6.15 Å². The van der Waals surface area contributed by atoms with Crippen LogP contribution in [0.15, 0.2) is 0 Å². The third-order valence-electron chi connectivity index (χ3n) is 3.86. The maximum absolute atomic E-state index is 9.04. The van der Waals surface area contributed by atoms with Crippen LogP contribution in [-0.2, 0) is 9.59 Å². The van der Waals surface area contributed by atoms with Crippen molar-refractivity contribution in [2.45, 2.75) is 84.0 Å². The lowest BCUT2D eigenvalue weighted by Gasteiger charge is -2.23. The van der Waals surface area contributed by atoms with Gasteiger partial charge in [-0.2, -0.15) is 0 Å². The number of hydrogen-bond donors (Lipinski definition) is 2. The van der Waals surface area contributed by atoms with Crippen LogP contribution < -0.4 is 11.3 Å². The Balaban J connectivity index is -0.000000592. The first-order valence-electron chi connectivity index (χ1n) is 9.45. The average Bonchev–Trinajstić information content (AvgIpc) is 2.48. The fourth-order valence-electron chi connectivity index (χ4n) is 2.43. The van der Waals surface area contributed by atoms with Gasteiger partial charge in [0.15, 0.2) is 5.97 Å². The van der Waals surface area contributed by atoms with Gasteiger partial charge in [-0.25, -0.2) is 4.79 Å². The van der Waals surface area contributed by atoms with E-state index in [1.165, 1.54) is 83.6 Å². The molecule has 0 aliphatic rings. The van der Waals surface area contributed by atoms with Gasteiger partial charge in [0.25, 0.3) is 0 Å². The van der Waals surface area contributed by atoms with E-state index >= 15 is 0 Å². The topological polar surface area (TPSA) is 112 Å². The zero-order chi connectivity index (χ0) is 18.8. The number of carbonyl (C=O) groups excluding carboxylic acids is 1. The molecule has 6 nitrogen and oxygen atoms in total. The second-order valence-electron chi connectivity index (χ2n) is 7.50. The van der Waals surface area contributed by atoms with Gasteiger partial charge >= 0.3 is 5.97 Å². The summed E-state index contributed by atoms with van der Waals surface area (Å²) in [5.74, 6) is -4.01. The molecule has 0 radical (unpaired) electrons. The summed E-state index contributed by atoms with van der Waals surface area (Å²) in [4.78, 5) is 18.0. The molecule has 0 saturated heterocycles. The quantitative estimate of drug-likeness (QED) is 0.296. The molecule has 0 aromatic heterocycles. The molecule has 0 aromatic carbocycles. The summed E-state index contributed by atoms with van der Waals surface area (Å²) < 4.78 is 1.12. The van der Waals surface area contributed by atoms with E-state index in [1.54, 1.807) is 0 Å². The summed E-state index contributed by atoms with van der Waals surface area (Å²) in [6, 6.07) is 0. The molecule has 0 saturated carbocycles. The van der Waals surface area contributed by atoms with Gasteiger partial charge in [-0.05, 0) is 12.8 Å². The van der Waals surface area contributed by atoms with Crippen LogP contribution in [-0.4, -0.2) is 49.2 Å². The molecular formula is C19H42N2O4. The van der Waals surface area contributed by atoms with Crippen molar-refractivity contribution >= 4 is 11.9 Å². The summed E-state index contributed by atoms with van der Waals surface area (Å²) in [5, 5.41) is 16.3. The summed E-state index contributed by atoms with van der Waals surface area (Å²) in [6.07, 6.45) is 17.4. The highest BCUT2D eigenvalue weighted by atomic mass is 16.4. The predicted molar refractivity (Wildman–Crippen MR) is 102 cm³/mol. The van der Waals surface area contributed by atoms with Crippen molar-refractivity contribution in [3.63, 3.8) is 0 Å². The highest BCUT2D eigenvalue weighted by Crippen LogP contribution is 2.12. The first kappa shape index (κ1) is 28.7. The standard InChI is InChI=1S/C17H38N.C2H2O4.H3N/c1-5-6-7-8-9-10-11-12-13-14-15-16-17-18(2,3)4;3-1(4)2(5)6;/h5-17H2,1-4H3;(H,3,4)(H,5,6);1H3/q+1;;/p-1. The van der Waals surface area contributed by atoms with Crippen molar-refractivity contribution in [3.8, 4) is 0 Å². The molecular weight excluding hydrogens is 320 g/mol. The Bertz CT molecular complexity index is 303. The van der Waals surface area contributed by atoms with E-state index in [0.717, 1.165) is 4.48 Å². The third-order valence-corrected chi connectivity index (χ3v) is 3.86. The van der Waals surface area contributed by atoms with Gasteiger partial charge < -0.3 is 25.6 Å². The fourth-order valence-corrected chi connectivity index (χ4v) is 2.43. The molecule has 6 heteroatoms. The van der Waals surface area contributed by atoms with Crippen molar-refractivity contribution in [3.05, 3.63) is 0 Å². The van der Waals surface area contributed by atoms with E-state index in [4.69, 9.17) is 19.8 Å². The molecule has 4 N–H and O–H groups in total. The number of carboxylic acids is 2. The Morgan fingerprint density at radius 2 is 1.04 bits per heavy atom. The molecule has 0 fully saturated rings. The number of hydrogen-bond acceptors (Lipinski definition) is 4. The molecule has 0 aliphatic heterocycles. The first-order chi connectivity index (χ1) is 11.2. The molecule has 25 heavy (non-hydrogen) atoms. The van der Waals surface area contributed by atoms with Crippen LogP contribution in [0, 0.1) is 0 Å². The van der Waals surface area contributed by atoms with Crippen LogP contribution in [0.3, 0.4) is 0 Å². The third kappa shape index (κ3) is 31.2. The zero-order valence-corrected chi connectivity index (χ0v) is 17.0. The van der Waals surface area contributed by atoms with Gasteiger partial charge in [-0.15, -0.1) is 0 Å². The van der Waals surface area contributed by atoms with Gasteiger partial charge in [-0.1, -0.05) is 71.1 Å². The average molecular weight is 363 g/mol. The predicted octanol–water partition coefficient (Wildman–Crippen LogP) is 3.38. The molecule has 0 aromatic rings. The Kier molecular flexibility index (Phi) is 22.0. The largest absolute Gasteiger partial charge is 0.539 e. The minimum absolute atomic E-state index is 0. The number of quaternary nitrogens is 1. The number of unbranched alkanes of at least 4 members (excludes halogenated alkanes) is 11. The van der Waals surface area contributed by atoms with E-state index < -0.39 is 11.9 Å². The molecule has 152 valence electrons. The summed E-state index contributed by atoms with van der Waals surface area (Å²) in [7, 11) is 6.87. The van der Waals surface area contributed by atoms with Crippen LogP contribution in [0.1, 0.15) is 84.0 Å². The van der Waals surface area contributed by atoms with Gasteiger partial charge in [0.2, 0.25) is 0 Å². The normalized spacial score (nSPS) is 10.4. The minimum atomic E-state index is -2.07. The van der Waals surface area contributed by atoms with Crippen LogP contribution in [0.25, 0.3) is 0 Å². The maximum atomic E-state index is 9.04. The van der Waals surface area contributed by atoms with Crippen molar-refractivity contribution < 1.29 is 24.3 Å². The van der Waals surface area contributed by atoms with E-state index in [0.29, 0.717) is 0 Å². The highest BCUT2D eigenvalue weighted by molar-refractivity contribution is 6.26. The second-order valence-corrected chi connectivity index (χ2v) is 7.50. The Morgan fingerprint density at radius 1 is 0.760 bits per heavy atom. The zero-order valence-electron chi connectivity index (χ0n) is 17.0. The summed E-state index contributed by atoms with van der Waals surface area (Å²) >= 11 is 0. The van der Waals surface area contributed by atoms with Gasteiger partial charge in [-0.3, -0.25) is 0 Å². The van der Waals surface area contributed by atoms with Crippen molar-refractivity contribution in [2.24, 2.45) is 0 Å². The van der Waals surface area contributed by atoms with E-state index in [2.05, 4.69) is 28.1 Å². The van der Waals surface area contributed by atoms with Gasteiger partial charge in [0, 0.05) is 0 Å². The Hall–Kier alpha value is -1.14. The van der Waals surface area contributed by atoms with E-state index in [9.17, 15) is 0 Å². The summed E-state index contributed by atoms with van der Waals surface area (Å²) in [5.41, 5.74) is 0. The minimum Gasteiger partial charge on any atom is -0.539 e. The summed E-state index contributed by atoms with van der Waals surface area (Å²) in [6.45, 7) is 3.62. The highest BCUT2D eigenvalue weighted by Gasteiger charge is 2.04. The molecule has 0 bridgehead atoms. The molecule has 0 atom stereocenters. The smallest absolute Gasteiger partial charge is 0.351 e. The molecule has 0 amide bonds. The molecule has 0 unspecified atom stereocenters. The molecule has 0 aliphatic carbocycles. The SMILES string of the molecule is CCCCCCCCCCCCCC[N+](C)(C)C.N.O=C([O-])C(=O)O. The number of nitrogens with zero attached hydrogens (tertiary/aromatic N) is 1. The number of rotatable bonds is 13. The van der Waals surface area contributed by atoms with Crippen LogP contribution in [0.2, 0.25) is 0 Å². The lowest BCUT2D eigenvalue weighted by Crippen LogP contribution is -2.35. The van der Waals surface area contributed by atoms with E-state index in [1.807, 2.05) is 0 Å². The van der Waals surface area contributed by atoms with Gasteiger partial charge in [0.05, 0.1) is 27.7 Å². The molecule has 0 heterocycles. The Morgan fingerprint density at radius 3 is 1.28 bits per heavy atom. The van der Waals surface area contributed by atoms with Crippen molar-refractivity contribution in [1.82, 2.24) is 6.15 Å². The van der Waals surface area contributed by atoms with Gasteiger partial charge in [0.1, 0.15) is 0 Å². The lowest BCUT2D eigenvalue weighted by molar-refractivity contribution is -0.870. The van der Waals surface area contributed by atoms with Crippen LogP contribution in [0.4, 0.5) is 0 Å². The number of carbonyl (C=O) groups is 2. The van der Waals surface area contributed by atoms with Crippen molar-refractivity contribution in [1.29, 1.82) is 0 Å². The number of carboxylic acid groups (broad SMARTS) is 2. The number of aliphatic carboxylic acids is 2. The maximum Gasteiger partial charge on any atom is 0.351 e. The Labute approximate surface area is 154 Å². The molecule has 0 rings (SSSR count). The first-order valence-corrected chi connectivity index (χ1v) is 9.45. The monoisotopic (exact) mass is 362 g/mol. The van der Waals surface area contributed by atoms with Crippen molar-refractivity contribution in [2.75, 3.05) is 27.7 Å².